The molecular formula is C20H26. The number of benzene rings is 2. The Balaban J connectivity index is 1.99. The molecule has 0 fully saturated rings. The van der Waals surface area contributed by atoms with Gasteiger partial charge in [-0.25, -0.2) is 0 Å². The lowest BCUT2D eigenvalue weighted by Crippen LogP contribution is -2.03. The third-order valence-electron chi connectivity index (χ3n) is 3.99. The summed E-state index contributed by atoms with van der Waals surface area (Å²) in [4.78, 5) is 0. The van der Waals surface area contributed by atoms with E-state index in [4.69, 9.17) is 0 Å². The van der Waals surface area contributed by atoms with E-state index in [0.717, 1.165) is 5.92 Å². The molecule has 0 nitrogen and oxygen atoms in total. The molecule has 0 heteroatoms. The van der Waals surface area contributed by atoms with Gasteiger partial charge in [-0.3, -0.25) is 0 Å². The second-order valence-corrected chi connectivity index (χ2v) is 6.10. The maximum absolute atomic E-state index is 2.32. The van der Waals surface area contributed by atoms with Crippen LogP contribution in [0.5, 0.6) is 0 Å². The Kier molecular flexibility index (Phi) is 5.86. The summed E-state index contributed by atoms with van der Waals surface area (Å²) in [5.41, 5.74) is 2.96. The summed E-state index contributed by atoms with van der Waals surface area (Å²) in [5, 5.41) is 0. The lowest BCUT2D eigenvalue weighted by Gasteiger charge is -2.18. The maximum atomic E-state index is 2.32. The van der Waals surface area contributed by atoms with Gasteiger partial charge in [0.2, 0.25) is 0 Å². The quantitative estimate of drug-likeness (QED) is 0.590. The molecule has 0 bridgehead atoms. The highest BCUT2D eigenvalue weighted by atomic mass is 14.2. The van der Waals surface area contributed by atoms with Crippen molar-refractivity contribution in [1.82, 2.24) is 0 Å². The van der Waals surface area contributed by atoms with Crippen LogP contribution in [0.3, 0.4) is 0 Å². The fraction of sp³-hybridized carbons (Fsp3) is 0.400. The van der Waals surface area contributed by atoms with Gasteiger partial charge >= 0.3 is 0 Å². The zero-order valence-corrected chi connectivity index (χ0v) is 12.8. The normalized spacial score (nSPS) is 12.6. The molecule has 20 heavy (non-hydrogen) atoms. The van der Waals surface area contributed by atoms with Gasteiger partial charge in [-0.15, -0.1) is 0 Å². The van der Waals surface area contributed by atoms with Crippen LogP contribution >= 0.6 is 0 Å². The van der Waals surface area contributed by atoms with E-state index >= 15 is 0 Å². The summed E-state index contributed by atoms with van der Waals surface area (Å²) in [6.45, 7) is 4.64. The molecule has 0 amide bonds. The summed E-state index contributed by atoms with van der Waals surface area (Å²) in [5.74, 6) is 1.48. The largest absolute Gasteiger partial charge is 0.0628 e. The van der Waals surface area contributed by atoms with Gasteiger partial charge in [-0.1, -0.05) is 80.9 Å². The predicted molar refractivity (Wildman–Crippen MR) is 88.0 cm³/mol. The minimum atomic E-state index is 0.693. The Hall–Kier alpha value is -1.56. The van der Waals surface area contributed by atoms with Crippen molar-refractivity contribution in [3.05, 3.63) is 71.8 Å². The van der Waals surface area contributed by atoms with Crippen molar-refractivity contribution in [2.75, 3.05) is 0 Å². The van der Waals surface area contributed by atoms with E-state index in [0.29, 0.717) is 5.92 Å². The number of hydrogen-bond acceptors (Lipinski definition) is 0. The van der Waals surface area contributed by atoms with E-state index < -0.39 is 0 Å². The smallest absolute Gasteiger partial charge is 0.0159 e. The van der Waals surface area contributed by atoms with E-state index in [2.05, 4.69) is 74.5 Å². The van der Waals surface area contributed by atoms with Gasteiger partial charge in [0.25, 0.3) is 0 Å². The molecule has 2 aromatic carbocycles. The van der Waals surface area contributed by atoms with Gasteiger partial charge in [-0.2, -0.15) is 0 Å². The average molecular weight is 266 g/mol. The zero-order valence-electron chi connectivity index (χ0n) is 12.8. The van der Waals surface area contributed by atoms with Crippen molar-refractivity contribution in [2.24, 2.45) is 5.92 Å². The van der Waals surface area contributed by atoms with Gasteiger partial charge in [0.05, 0.1) is 0 Å². The predicted octanol–water partition coefficient (Wildman–Crippen LogP) is 5.84. The lowest BCUT2D eigenvalue weighted by molar-refractivity contribution is 0.481. The molecule has 0 aliphatic carbocycles. The van der Waals surface area contributed by atoms with Gasteiger partial charge in [-0.05, 0) is 42.2 Å². The summed E-state index contributed by atoms with van der Waals surface area (Å²) in [6, 6.07) is 21.9. The van der Waals surface area contributed by atoms with Crippen LogP contribution in [0.2, 0.25) is 0 Å². The van der Waals surface area contributed by atoms with E-state index in [1.54, 1.807) is 0 Å². The van der Waals surface area contributed by atoms with E-state index in [-0.39, 0.29) is 0 Å². The minimum Gasteiger partial charge on any atom is -0.0628 e. The second-order valence-electron chi connectivity index (χ2n) is 6.10. The third kappa shape index (κ3) is 4.85. The summed E-state index contributed by atoms with van der Waals surface area (Å²) in [6.07, 6.45) is 5.04. The fourth-order valence-corrected chi connectivity index (χ4v) is 2.72. The van der Waals surface area contributed by atoms with Crippen molar-refractivity contribution in [2.45, 2.75) is 45.4 Å². The molecule has 0 spiro atoms. The Labute approximate surface area is 123 Å². The molecule has 0 aliphatic rings. The molecule has 0 saturated heterocycles. The second kappa shape index (κ2) is 7.89. The first kappa shape index (κ1) is 14.8. The van der Waals surface area contributed by atoms with Crippen molar-refractivity contribution in [1.29, 1.82) is 0 Å². The van der Waals surface area contributed by atoms with Crippen LogP contribution in [0, 0.1) is 5.92 Å². The summed E-state index contributed by atoms with van der Waals surface area (Å²) < 4.78 is 0. The Morgan fingerprint density at radius 3 is 1.90 bits per heavy atom. The molecule has 1 unspecified atom stereocenters. The first-order valence-corrected chi connectivity index (χ1v) is 7.84. The van der Waals surface area contributed by atoms with Gasteiger partial charge in [0.1, 0.15) is 0 Å². The highest BCUT2D eigenvalue weighted by Gasteiger charge is 2.12. The van der Waals surface area contributed by atoms with Crippen LogP contribution in [0.4, 0.5) is 0 Å². The topological polar surface area (TPSA) is 0 Å². The molecule has 1 atom stereocenters. The summed E-state index contributed by atoms with van der Waals surface area (Å²) in [7, 11) is 0. The standard InChI is InChI=1S/C20H26/c1-17(2)13-15-20(19-11-7-4-8-12-19)16-14-18-9-5-3-6-10-18/h3-12,17,20H,13-16H2,1-2H3. The molecule has 0 saturated carbocycles. The van der Waals surface area contributed by atoms with Crippen LogP contribution in [0.15, 0.2) is 60.7 Å². The van der Waals surface area contributed by atoms with Crippen LogP contribution in [-0.2, 0) is 6.42 Å². The van der Waals surface area contributed by atoms with Crippen LogP contribution in [0.1, 0.15) is 50.2 Å². The van der Waals surface area contributed by atoms with Crippen molar-refractivity contribution in [3.8, 4) is 0 Å². The van der Waals surface area contributed by atoms with E-state index in [1.807, 2.05) is 0 Å². The van der Waals surface area contributed by atoms with Crippen molar-refractivity contribution >= 4 is 0 Å². The molecule has 106 valence electrons. The number of aryl methyl sites for hydroxylation is 1. The molecular weight excluding hydrogens is 240 g/mol. The fourth-order valence-electron chi connectivity index (χ4n) is 2.72. The van der Waals surface area contributed by atoms with Crippen molar-refractivity contribution < 1.29 is 0 Å². The third-order valence-corrected chi connectivity index (χ3v) is 3.99. The molecule has 0 radical (unpaired) electrons. The van der Waals surface area contributed by atoms with Gasteiger partial charge < -0.3 is 0 Å². The Bertz CT molecular complexity index is 470. The molecule has 2 aromatic rings. The first-order valence-electron chi connectivity index (χ1n) is 7.84. The average Bonchev–Trinajstić information content (AvgIpc) is 2.49. The highest BCUT2D eigenvalue weighted by Crippen LogP contribution is 2.28. The SMILES string of the molecule is CC(C)CCC(CCc1ccccc1)c1ccccc1. The zero-order chi connectivity index (χ0) is 14.2. The Morgan fingerprint density at radius 2 is 1.30 bits per heavy atom. The Morgan fingerprint density at radius 1 is 0.700 bits per heavy atom. The molecule has 0 heterocycles. The van der Waals surface area contributed by atoms with Crippen LogP contribution in [0.25, 0.3) is 0 Å². The van der Waals surface area contributed by atoms with Crippen molar-refractivity contribution in [3.63, 3.8) is 0 Å². The molecule has 0 N–H and O–H groups in total. The number of rotatable bonds is 7. The lowest BCUT2D eigenvalue weighted by atomic mass is 9.87. The van der Waals surface area contributed by atoms with Crippen LogP contribution < -0.4 is 0 Å². The first-order chi connectivity index (χ1) is 9.75. The monoisotopic (exact) mass is 266 g/mol. The van der Waals surface area contributed by atoms with Gasteiger partial charge in [0.15, 0.2) is 0 Å². The summed E-state index contributed by atoms with van der Waals surface area (Å²) >= 11 is 0. The highest BCUT2D eigenvalue weighted by molar-refractivity contribution is 5.21. The maximum Gasteiger partial charge on any atom is -0.0159 e. The number of hydrogen-bond donors (Lipinski definition) is 0. The minimum absolute atomic E-state index is 0.693. The molecule has 0 aromatic heterocycles. The van der Waals surface area contributed by atoms with E-state index in [1.165, 1.54) is 36.8 Å². The molecule has 2 rings (SSSR count). The molecule has 0 aliphatic heterocycles. The van der Waals surface area contributed by atoms with E-state index in [9.17, 15) is 0 Å². The van der Waals surface area contributed by atoms with Crippen LogP contribution in [-0.4, -0.2) is 0 Å². The van der Waals surface area contributed by atoms with Gasteiger partial charge in [0, 0.05) is 0 Å².